The van der Waals surface area contributed by atoms with E-state index < -0.39 is 5.41 Å². The number of anilines is 2. The second kappa shape index (κ2) is 12.7. The van der Waals surface area contributed by atoms with E-state index in [4.69, 9.17) is 16.9 Å². The zero-order valence-electron chi connectivity index (χ0n) is 26.5. The van der Waals surface area contributed by atoms with E-state index in [9.17, 15) is 4.79 Å². The number of carbonyl (C=O) groups is 1. The minimum Gasteiger partial charge on any atom is -0.398 e. The second-order valence-electron chi connectivity index (χ2n) is 12.3. The third kappa shape index (κ3) is 6.08. The molecule has 0 saturated carbocycles. The number of amides is 1. The summed E-state index contributed by atoms with van der Waals surface area (Å²) in [6.07, 6.45) is 7.83. The normalized spacial score (nSPS) is 20.7. The van der Waals surface area contributed by atoms with E-state index in [0.717, 1.165) is 68.9 Å². The number of nitrogen functional groups attached to an aromatic ring is 1. The van der Waals surface area contributed by atoms with Gasteiger partial charge in [0.25, 0.3) is 0 Å². The second-order valence-corrected chi connectivity index (χ2v) is 12.3. The molecular weight excluding hydrogens is 578 g/mol. The zero-order valence-corrected chi connectivity index (χ0v) is 26.5. The van der Waals surface area contributed by atoms with Gasteiger partial charge in [0, 0.05) is 75.0 Å². The van der Waals surface area contributed by atoms with Crippen molar-refractivity contribution in [1.29, 1.82) is 5.41 Å². The number of nitrogens with one attached hydrogen (secondary N) is 1. The van der Waals surface area contributed by atoms with Crippen molar-refractivity contribution in [2.24, 2.45) is 28.2 Å². The van der Waals surface area contributed by atoms with Gasteiger partial charge in [-0.25, -0.2) is 4.99 Å². The van der Waals surface area contributed by atoms with E-state index in [1.54, 1.807) is 26.4 Å². The quantitative estimate of drug-likeness (QED) is 0.189. The lowest BCUT2D eigenvalue weighted by atomic mass is 9.85. The molecule has 12 nitrogen and oxygen atoms in total. The molecule has 2 aromatic carbocycles. The van der Waals surface area contributed by atoms with E-state index in [0.29, 0.717) is 29.3 Å². The first-order chi connectivity index (χ1) is 22.2. The minimum absolute atomic E-state index is 0.144. The average molecular weight is 620 g/mol. The number of aryl methyl sites for hydroxylation is 1. The summed E-state index contributed by atoms with van der Waals surface area (Å²) in [5.74, 6) is 0.591. The highest BCUT2D eigenvalue weighted by Crippen LogP contribution is 2.43. The van der Waals surface area contributed by atoms with Gasteiger partial charge in [0.2, 0.25) is 5.91 Å². The summed E-state index contributed by atoms with van der Waals surface area (Å²) in [4.78, 5) is 29.9. The van der Waals surface area contributed by atoms with Gasteiger partial charge in [-0.3, -0.25) is 20.1 Å². The number of hydrogen-bond donors (Lipinski definition) is 3. The zero-order chi connectivity index (χ0) is 32.4. The van der Waals surface area contributed by atoms with Crippen molar-refractivity contribution in [2.75, 3.05) is 56.9 Å². The Kier molecular flexibility index (Phi) is 8.55. The van der Waals surface area contributed by atoms with E-state index >= 15 is 0 Å². The summed E-state index contributed by atoms with van der Waals surface area (Å²) in [7, 11) is 3.37. The number of rotatable bonds is 9. The first-order valence-electron chi connectivity index (χ1n) is 15.5. The Bertz CT molecular complexity index is 1750. The Hall–Kier alpha value is -5.10. The Labute approximate surface area is 269 Å². The molecule has 3 aromatic rings. The molecule has 46 heavy (non-hydrogen) atoms. The van der Waals surface area contributed by atoms with Gasteiger partial charge in [-0.2, -0.15) is 15.0 Å². The molecule has 6 rings (SSSR count). The monoisotopic (exact) mass is 619 g/mol. The molecule has 5 N–H and O–H groups in total. The van der Waals surface area contributed by atoms with Crippen molar-refractivity contribution in [2.45, 2.75) is 19.3 Å². The van der Waals surface area contributed by atoms with Crippen molar-refractivity contribution < 1.29 is 4.79 Å². The summed E-state index contributed by atoms with van der Waals surface area (Å²) < 4.78 is 0. The lowest BCUT2D eigenvalue weighted by Crippen LogP contribution is -2.38. The minimum atomic E-state index is -0.404. The Balaban J connectivity index is 1.05. The maximum absolute atomic E-state index is 13.9. The van der Waals surface area contributed by atoms with Crippen LogP contribution in [0.1, 0.15) is 41.6 Å². The summed E-state index contributed by atoms with van der Waals surface area (Å²) >= 11 is 0. The van der Waals surface area contributed by atoms with Crippen molar-refractivity contribution >= 4 is 40.7 Å². The van der Waals surface area contributed by atoms with Gasteiger partial charge in [0.1, 0.15) is 17.9 Å². The van der Waals surface area contributed by atoms with Crippen molar-refractivity contribution in [3.63, 3.8) is 0 Å². The van der Waals surface area contributed by atoms with Gasteiger partial charge < -0.3 is 21.3 Å². The summed E-state index contributed by atoms with van der Waals surface area (Å²) in [6.45, 7) is 9.10. The van der Waals surface area contributed by atoms with Crippen LogP contribution in [-0.2, 0) is 11.8 Å². The molecule has 0 bridgehead atoms. The maximum Gasteiger partial charge on any atom is 0.234 e. The van der Waals surface area contributed by atoms with Gasteiger partial charge >= 0.3 is 0 Å². The molecule has 2 saturated heterocycles. The van der Waals surface area contributed by atoms with Crippen LogP contribution < -0.4 is 16.4 Å². The highest BCUT2D eigenvalue weighted by Gasteiger charge is 2.51. The SMILES string of the molecule is C=C(CN1CC[C@]2(CCN(c3ccc(N)c(C(=N)c4cnn(C)n4)c3)C2=O)C1)N1CC=C(c2ccc(C(N)=NC=NC)cc2)CC1. The van der Waals surface area contributed by atoms with Crippen LogP contribution in [0.2, 0.25) is 0 Å². The molecule has 1 spiro atoms. The number of amidine groups is 1. The number of aliphatic imine (C=N–C) groups is 2. The Morgan fingerprint density at radius 3 is 2.63 bits per heavy atom. The molecule has 0 radical (unpaired) electrons. The number of carbonyl (C=O) groups excluding carboxylic acids is 1. The molecule has 1 amide bonds. The van der Waals surface area contributed by atoms with Crippen LogP contribution in [0.4, 0.5) is 11.4 Å². The smallest absolute Gasteiger partial charge is 0.234 e. The largest absolute Gasteiger partial charge is 0.398 e. The molecule has 4 heterocycles. The fourth-order valence-electron chi connectivity index (χ4n) is 6.69. The van der Waals surface area contributed by atoms with Crippen molar-refractivity contribution in [3.05, 3.63) is 89.4 Å². The number of hydrogen-bond acceptors (Lipinski definition) is 8. The molecule has 1 atom stereocenters. The number of likely N-dealkylation sites (tertiary alicyclic amines) is 1. The molecule has 3 aliphatic rings. The third-order valence-electron chi connectivity index (χ3n) is 9.35. The maximum atomic E-state index is 13.9. The fourth-order valence-corrected chi connectivity index (χ4v) is 6.69. The molecule has 0 unspecified atom stereocenters. The fraction of sp³-hybridized carbons (Fsp3) is 0.353. The molecule has 1 aromatic heterocycles. The summed E-state index contributed by atoms with van der Waals surface area (Å²) in [5, 5.41) is 17.0. The van der Waals surface area contributed by atoms with E-state index in [-0.39, 0.29) is 11.6 Å². The molecule has 0 aliphatic carbocycles. The number of nitrogens with zero attached hydrogens (tertiary/aromatic N) is 8. The molecule has 12 heteroatoms. The first-order valence-corrected chi connectivity index (χ1v) is 15.5. The Morgan fingerprint density at radius 2 is 1.93 bits per heavy atom. The third-order valence-corrected chi connectivity index (χ3v) is 9.35. The van der Waals surface area contributed by atoms with Crippen LogP contribution in [0.15, 0.2) is 77.0 Å². The van der Waals surface area contributed by atoms with Crippen LogP contribution in [0.25, 0.3) is 5.57 Å². The van der Waals surface area contributed by atoms with Crippen LogP contribution in [-0.4, -0.2) is 94.9 Å². The highest BCUT2D eigenvalue weighted by atomic mass is 16.2. The Morgan fingerprint density at radius 1 is 1.15 bits per heavy atom. The average Bonchev–Trinajstić information content (AvgIpc) is 3.78. The number of nitrogens with two attached hydrogens (primary N) is 2. The van der Waals surface area contributed by atoms with Gasteiger partial charge in [-0.05, 0) is 55.1 Å². The standard InChI is InChI=1S/C34H41N11O/c1-23(44-14-10-25(11-15-44)24-4-6-26(7-5-24)32(37)39-22-38-2)20-43-16-12-34(21-43)13-17-45(33(34)46)27-8-9-29(35)28(18-27)31(36)30-19-40-42(3)41-30/h4-10,18-19,22,36H,1,11-17,20-21,35H2,2-3H3,(H2,37,38,39)/t34-/m0/s1. The summed E-state index contributed by atoms with van der Waals surface area (Å²) in [6, 6.07) is 13.6. The predicted molar refractivity (Wildman–Crippen MR) is 183 cm³/mol. The lowest BCUT2D eigenvalue weighted by molar-refractivity contribution is -0.125. The first kappa shape index (κ1) is 30.9. The van der Waals surface area contributed by atoms with Crippen LogP contribution in [0, 0.1) is 10.8 Å². The predicted octanol–water partition coefficient (Wildman–Crippen LogP) is 2.91. The van der Waals surface area contributed by atoms with E-state index in [1.165, 1.54) is 22.3 Å². The van der Waals surface area contributed by atoms with Gasteiger partial charge in [-0.1, -0.05) is 36.9 Å². The van der Waals surface area contributed by atoms with Gasteiger partial charge in [-0.15, -0.1) is 0 Å². The summed E-state index contributed by atoms with van der Waals surface area (Å²) in [5.41, 5.74) is 18.7. The van der Waals surface area contributed by atoms with Crippen molar-refractivity contribution in [1.82, 2.24) is 24.8 Å². The number of benzene rings is 2. The van der Waals surface area contributed by atoms with Gasteiger partial charge in [0.15, 0.2) is 0 Å². The molecular formula is C34H41N11O. The van der Waals surface area contributed by atoms with Crippen LogP contribution in [0.5, 0.6) is 0 Å². The van der Waals surface area contributed by atoms with Gasteiger partial charge in [0.05, 0.1) is 17.3 Å². The molecule has 2 fully saturated rings. The van der Waals surface area contributed by atoms with Crippen LogP contribution >= 0.6 is 0 Å². The van der Waals surface area contributed by atoms with E-state index in [1.807, 2.05) is 29.2 Å². The van der Waals surface area contributed by atoms with Crippen molar-refractivity contribution in [3.8, 4) is 0 Å². The highest BCUT2D eigenvalue weighted by molar-refractivity contribution is 6.13. The molecule has 3 aliphatic heterocycles. The van der Waals surface area contributed by atoms with Crippen LogP contribution in [0.3, 0.4) is 0 Å². The molecule has 238 valence electrons. The topological polar surface area (TPSA) is 158 Å². The number of aromatic nitrogens is 3. The van der Waals surface area contributed by atoms with E-state index in [2.05, 4.69) is 54.8 Å². The lowest BCUT2D eigenvalue weighted by Gasteiger charge is -2.32.